The molecule has 0 saturated carbocycles. The Bertz CT molecular complexity index is 1070. The maximum absolute atomic E-state index is 12.4. The van der Waals surface area contributed by atoms with E-state index in [1.165, 1.54) is 6.07 Å². The van der Waals surface area contributed by atoms with Crippen LogP contribution >= 0.6 is 0 Å². The van der Waals surface area contributed by atoms with Crippen molar-refractivity contribution in [2.75, 3.05) is 26.7 Å². The summed E-state index contributed by atoms with van der Waals surface area (Å²) < 4.78 is 38.1. The quantitative estimate of drug-likeness (QED) is 0.797. The number of nitrogens with one attached hydrogen (secondary N) is 1. The van der Waals surface area contributed by atoms with Crippen LogP contribution in [0.4, 0.5) is 0 Å². The second kappa shape index (κ2) is 7.75. The molecule has 0 spiro atoms. The van der Waals surface area contributed by atoms with Crippen LogP contribution in [0.3, 0.4) is 0 Å². The second-order valence-corrected chi connectivity index (χ2v) is 8.50. The molecule has 4 rings (SSSR count). The highest BCUT2D eigenvalue weighted by Gasteiger charge is 2.30. The Morgan fingerprint density at radius 2 is 1.90 bits per heavy atom. The summed E-state index contributed by atoms with van der Waals surface area (Å²) in [6, 6.07) is 14.1. The number of amidine groups is 1. The van der Waals surface area contributed by atoms with Gasteiger partial charge in [-0.25, -0.2) is 8.42 Å². The molecule has 1 N–H and O–H groups in total. The maximum Gasteiger partial charge on any atom is 0.263 e. The Labute approximate surface area is 169 Å². The standard InChI is InChI=1S/C20H21N3O5S/c1-23(12-14-13-27-16-7-3-4-8-17(16)28-14)19(24)10-11-21-20-15-6-2-5-9-18(15)29(25,26)22-20/h2-9,14H,10-13H2,1H3,(H,21,22). The number of amides is 1. The largest absolute Gasteiger partial charge is 0.486 e. The zero-order chi connectivity index (χ0) is 20.4. The van der Waals surface area contributed by atoms with E-state index in [-0.39, 0.29) is 35.7 Å². The fourth-order valence-electron chi connectivity index (χ4n) is 3.27. The predicted molar refractivity (Wildman–Crippen MR) is 107 cm³/mol. The first-order valence-electron chi connectivity index (χ1n) is 9.23. The van der Waals surface area contributed by atoms with Crippen LogP contribution in [0.25, 0.3) is 0 Å². The Hall–Kier alpha value is -3.07. The number of carbonyl (C=O) groups is 1. The first-order chi connectivity index (χ1) is 13.9. The monoisotopic (exact) mass is 415 g/mol. The van der Waals surface area contributed by atoms with Crippen molar-refractivity contribution < 1.29 is 22.7 Å². The minimum Gasteiger partial charge on any atom is -0.486 e. The molecule has 2 heterocycles. The molecule has 9 heteroatoms. The number of likely N-dealkylation sites (N-methyl/N-ethyl adjacent to an activating group) is 1. The summed E-state index contributed by atoms with van der Waals surface area (Å²) in [5.41, 5.74) is 0.528. The van der Waals surface area contributed by atoms with Crippen LogP contribution in [0.2, 0.25) is 0 Å². The van der Waals surface area contributed by atoms with Gasteiger partial charge in [-0.1, -0.05) is 24.3 Å². The van der Waals surface area contributed by atoms with Crippen molar-refractivity contribution in [1.29, 1.82) is 0 Å². The van der Waals surface area contributed by atoms with Crippen LogP contribution in [0.1, 0.15) is 12.0 Å². The molecule has 2 aromatic carbocycles. The lowest BCUT2D eigenvalue weighted by Crippen LogP contribution is -2.41. The number of ether oxygens (including phenoxy) is 2. The Balaban J connectivity index is 1.32. The maximum atomic E-state index is 12.4. The number of nitrogens with zero attached hydrogens (tertiary/aromatic N) is 2. The van der Waals surface area contributed by atoms with E-state index >= 15 is 0 Å². The van der Waals surface area contributed by atoms with E-state index in [1.807, 2.05) is 24.3 Å². The van der Waals surface area contributed by atoms with Crippen LogP contribution in [0.5, 0.6) is 11.5 Å². The molecule has 2 aromatic rings. The minimum atomic E-state index is -3.57. The van der Waals surface area contributed by atoms with Gasteiger partial charge in [0.2, 0.25) is 5.91 Å². The van der Waals surface area contributed by atoms with Gasteiger partial charge in [0.1, 0.15) is 12.4 Å². The van der Waals surface area contributed by atoms with E-state index < -0.39 is 10.0 Å². The summed E-state index contributed by atoms with van der Waals surface area (Å²) in [6.45, 7) is 0.939. The highest BCUT2D eigenvalue weighted by Crippen LogP contribution is 2.31. The lowest BCUT2D eigenvalue weighted by Gasteiger charge is -2.29. The second-order valence-electron chi connectivity index (χ2n) is 6.85. The SMILES string of the molecule is CN(CC1COc2ccccc2O1)C(=O)CCN=C1NS(=O)(=O)c2ccccc21. The highest BCUT2D eigenvalue weighted by atomic mass is 32.2. The van der Waals surface area contributed by atoms with Gasteiger partial charge in [0, 0.05) is 19.0 Å². The summed E-state index contributed by atoms with van der Waals surface area (Å²) in [5.74, 6) is 1.54. The Morgan fingerprint density at radius 3 is 2.72 bits per heavy atom. The normalized spacial score (nSPS) is 20.0. The van der Waals surface area contributed by atoms with Crippen molar-refractivity contribution in [2.24, 2.45) is 4.99 Å². The molecule has 1 atom stereocenters. The van der Waals surface area contributed by atoms with Crippen molar-refractivity contribution in [3.05, 3.63) is 54.1 Å². The zero-order valence-electron chi connectivity index (χ0n) is 15.9. The van der Waals surface area contributed by atoms with E-state index in [0.29, 0.717) is 30.2 Å². The number of fused-ring (bicyclic) bond motifs is 2. The number of hydrogen-bond donors (Lipinski definition) is 1. The van der Waals surface area contributed by atoms with E-state index in [0.717, 1.165) is 0 Å². The molecule has 0 bridgehead atoms. The van der Waals surface area contributed by atoms with Crippen LogP contribution in [-0.4, -0.2) is 57.9 Å². The molecule has 0 aliphatic carbocycles. The summed E-state index contributed by atoms with van der Waals surface area (Å²) >= 11 is 0. The van der Waals surface area contributed by atoms with E-state index in [1.54, 1.807) is 30.1 Å². The van der Waals surface area contributed by atoms with E-state index in [2.05, 4.69) is 9.71 Å². The summed E-state index contributed by atoms with van der Waals surface area (Å²) in [6.07, 6.45) is -0.0904. The Morgan fingerprint density at radius 1 is 1.17 bits per heavy atom. The molecule has 0 aromatic heterocycles. The molecule has 1 unspecified atom stereocenters. The van der Waals surface area contributed by atoms with Crippen molar-refractivity contribution >= 4 is 21.8 Å². The summed E-state index contributed by atoms with van der Waals surface area (Å²) in [7, 11) is -1.87. The molecule has 0 saturated heterocycles. The van der Waals surface area contributed by atoms with Crippen LogP contribution in [-0.2, 0) is 14.8 Å². The number of sulfonamides is 1. The molecule has 2 aliphatic heterocycles. The molecule has 152 valence electrons. The average Bonchev–Trinajstić information content (AvgIpc) is 2.98. The van der Waals surface area contributed by atoms with Crippen molar-refractivity contribution in [3.63, 3.8) is 0 Å². The van der Waals surface area contributed by atoms with Crippen LogP contribution < -0.4 is 14.2 Å². The van der Waals surface area contributed by atoms with Gasteiger partial charge in [-0.15, -0.1) is 0 Å². The third kappa shape index (κ3) is 4.04. The first kappa shape index (κ1) is 19.3. The van der Waals surface area contributed by atoms with Gasteiger partial charge in [0.15, 0.2) is 17.6 Å². The van der Waals surface area contributed by atoms with Gasteiger partial charge in [-0.3, -0.25) is 14.5 Å². The Kier molecular flexibility index (Phi) is 5.14. The lowest BCUT2D eigenvalue weighted by molar-refractivity contribution is -0.131. The third-order valence-corrected chi connectivity index (χ3v) is 6.13. The van der Waals surface area contributed by atoms with Crippen molar-refractivity contribution in [1.82, 2.24) is 9.62 Å². The topological polar surface area (TPSA) is 97.3 Å². The van der Waals surface area contributed by atoms with Gasteiger partial charge in [0.05, 0.1) is 18.0 Å². The van der Waals surface area contributed by atoms with Crippen LogP contribution in [0, 0.1) is 0 Å². The highest BCUT2D eigenvalue weighted by molar-refractivity contribution is 7.90. The number of aliphatic imine (C=N–C) groups is 1. The number of benzene rings is 2. The number of hydrogen-bond acceptors (Lipinski definition) is 6. The molecule has 29 heavy (non-hydrogen) atoms. The fourth-order valence-corrected chi connectivity index (χ4v) is 4.52. The van der Waals surface area contributed by atoms with Gasteiger partial charge >= 0.3 is 0 Å². The van der Waals surface area contributed by atoms with Crippen molar-refractivity contribution in [3.8, 4) is 11.5 Å². The number of rotatable bonds is 5. The van der Waals surface area contributed by atoms with E-state index in [9.17, 15) is 13.2 Å². The number of carbonyl (C=O) groups excluding carboxylic acids is 1. The molecule has 2 aliphatic rings. The van der Waals surface area contributed by atoms with Crippen molar-refractivity contribution in [2.45, 2.75) is 17.4 Å². The summed E-state index contributed by atoms with van der Waals surface area (Å²) in [4.78, 5) is 18.5. The molecule has 0 radical (unpaired) electrons. The smallest absolute Gasteiger partial charge is 0.263 e. The molecule has 8 nitrogen and oxygen atoms in total. The van der Waals surface area contributed by atoms with E-state index in [4.69, 9.17) is 9.47 Å². The molecular formula is C20H21N3O5S. The van der Waals surface area contributed by atoms with Gasteiger partial charge in [-0.2, -0.15) is 0 Å². The summed E-state index contributed by atoms with van der Waals surface area (Å²) in [5, 5.41) is 0. The predicted octanol–water partition coefficient (Wildman–Crippen LogP) is 1.41. The van der Waals surface area contributed by atoms with Gasteiger partial charge in [-0.05, 0) is 24.3 Å². The first-order valence-corrected chi connectivity index (χ1v) is 10.7. The van der Waals surface area contributed by atoms with Crippen LogP contribution in [0.15, 0.2) is 58.4 Å². The molecule has 0 fully saturated rings. The van der Waals surface area contributed by atoms with Gasteiger partial charge < -0.3 is 14.4 Å². The lowest BCUT2D eigenvalue weighted by atomic mass is 10.2. The number of para-hydroxylation sites is 2. The molecule has 1 amide bonds. The molecular weight excluding hydrogens is 394 g/mol. The van der Waals surface area contributed by atoms with Gasteiger partial charge in [0.25, 0.3) is 10.0 Å². The fraction of sp³-hybridized carbons (Fsp3) is 0.300. The zero-order valence-corrected chi connectivity index (χ0v) is 16.7. The average molecular weight is 415 g/mol. The minimum absolute atomic E-state index is 0.106. The third-order valence-electron chi connectivity index (χ3n) is 4.73.